The van der Waals surface area contributed by atoms with Crippen LogP contribution in [0.2, 0.25) is 5.02 Å². The van der Waals surface area contributed by atoms with Gasteiger partial charge in [0.1, 0.15) is 16.9 Å². The van der Waals surface area contributed by atoms with Crippen LogP contribution in [0.25, 0.3) is 11.0 Å². The van der Waals surface area contributed by atoms with Crippen molar-refractivity contribution in [2.45, 2.75) is 32.3 Å². The summed E-state index contributed by atoms with van der Waals surface area (Å²) >= 11 is 6.04. The quantitative estimate of drug-likeness (QED) is 0.336. The molecule has 3 heterocycles. The van der Waals surface area contributed by atoms with E-state index in [4.69, 9.17) is 20.8 Å². The normalized spacial score (nSPS) is 19.1. The summed E-state index contributed by atoms with van der Waals surface area (Å²) in [6.07, 6.45) is 0.986. The van der Waals surface area contributed by atoms with Gasteiger partial charge in [-0.2, -0.15) is 0 Å². The van der Waals surface area contributed by atoms with Gasteiger partial charge in [-0.1, -0.05) is 41.9 Å². The number of furan rings is 1. The van der Waals surface area contributed by atoms with Crippen LogP contribution >= 0.6 is 11.6 Å². The zero-order valence-electron chi connectivity index (χ0n) is 18.9. The molecule has 2 aliphatic rings. The van der Waals surface area contributed by atoms with Crippen molar-refractivity contribution in [1.82, 2.24) is 0 Å². The molecule has 6 heteroatoms. The minimum Gasteiger partial charge on any atom is -0.482 e. The van der Waals surface area contributed by atoms with Crippen molar-refractivity contribution < 1.29 is 18.7 Å². The van der Waals surface area contributed by atoms with E-state index in [2.05, 4.69) is 0 Å². The monoisotopic (exact) mass is 471 g/mol. The molecule has 1 atom stereocenters. The highest BCUT2D eigenvalue weighted by atomic mass is 35.5. The first-order valence-corrected chi connectivity index (χ1v) is 11.7. The van der Waals surface area contributed by atoms with Crippen LogP contribution in [0.5, 0.6) is 5.75 Å². The summed E-state index contributed by atoms with van der Waals surface area (Å²) in [4.78, 5) is 28.7. The molecule has 0 N–H and O–H groups in total. The summed E-state index contributed by atoms with van der Waals surface area (Å²) in [6, 6.07) is 18.8. The van der Waals surface area contributed by atoms with Gasteiger partial charge in [-0.25, -0.2) is 0 Å². The number of rotatable bonds is 2. The number of aryl methyl sites for hydroxylation is 1. The minimum atomic E-state index is -0.808. The van der Waals surface area contributed by atoms with Gasteiger partial charge < -0.3 is 14.1 Å². The number of fused-ring (bicyclic) bond motifs is 4. The highest BCUT2D eigenvalue weighted by Gasteiger charge is 2.40. The van der Waals surface area contributed by atoms with Crippen LogP contribution < -0.4 is 9.64 Å². The topological polar surface area (TPSA) is 59.8 Å². The molecule has 1 unspecified atom stereocenters. The molecule has 1 aromatic heterocycles. The zero-order chi connectivity index (χ0) is 23.6. The predicted octanol–water partition coefficient (Wildman–Crippen LogP) is 6.48. The van der Waals surface area contributed by atoms with Crippen molar-refractivity contribution in [3.05, 3.63) is 93.7 Å². The first kappa shape index (κ1) is 21.0. The molecule has 6 rings (SSSR count). The largest absolute Gasteiger partial charge is 0.482 e. The Morgan fingerprint density at radius 1 is 1.06 bits per heavy atom. The number of halogens is 1. The Morgan fingerprint density at radius 2 is 1.82 bits per heavy atom. The molecular formula is C28H22ClNO4. The molecule has 0 aliphatic carbocycles. The van der Waals surface area contributed by atoms with Gasteiger partial charge in [0, 0.05) is 28.2 Å². The first-order valence-electron chi connectivity index (χ1n) is 11.3. The van der Waals surface area contributed by atoms with Gasteiger partial charge in [0.25, 0.3) is 5.91 Å². The third-order valence-electron chi connectivity index (χ3n) is 6.95. The van der Waals surface area contributed by atoms with Crippen molar-refractivity contribution in [2.75, 3.05) is 11.4 Å². The smallest absolute Gasteiger partial charge is 0.294 e. The average molecular weight is 472 g/mol. The maximum absolute atomic E-state index is 13.5. The number of anilines is 1. The summed E-state index contributed by atoms with van der Waals surface area (Å²) in [5.41, 5.74) is 3.78. The van der Waals surface area contributed by atoms with E-state index in [0.29, 0.717) is 39.4 Å². The SMILES string of the molecule is Cc1c(C(=O)N2CCc3ccccc32)oc2ccc3c(c12)C(=O)CC(C)(c1ccc(Cl)cc1)O3. The second-order valence-electron chi connectivity index (χ2n) is 9.14. The molecule has 3 aromatic carbocycles. The number of benzene rings is 3. The van der Waals surface area contributed by atoms with Crippen LogP contribution in [-0.4, -0.2) is 18.2 Å². The number of carbonyl (C=O) groups excluding carboxylic acids is 2. The lowest BCUT2D eigenvalue weighted by molar-refractivity contribution is 0.0507. The fourth-order valence-corrected chi connectivity index (χ4v) is 5.32. The van der Waals surface area contributed by atoms with Crippen LogP contribution in [0.1, 0.15) is 50.9 Å². The first-order chi connectivity index (χ1) is 16.4. The highest BCUT2D eigenvalue weighted by Crippen LogP contribution is 2.44. The van der Waals surface area contributed by atoms with E-state index in [1.165, 1.54) is 0 Å². The molecule has 0 saturated carbocycles. The Balaban J connectivity index is 1.42. The number of Topliss-reactive ketones (excluding diaryl/α,β-unsaturated/α-hetero) is 1. The van der Waals surface area contributed by atoms with Crippen molar-refractivity contribution in [1.29, 1.82) is 0 Å². The van der Waals surface area contributed by atoms with Crippen molar-refractivity contribution in [3.63, 3.8) is 0 Å². The molecule has 34 heavy (non-hydrogen) atoms. The van der Waals surface area contributed by atoms with Gasteiger partial charge in [0.15, 0.2) is 11.5 Å². The molecule has 0 fully saturated rings. The highest BCUT2D eigenvalue weighted by molar-refractivity contribution is 6.30. The Bertz CT molecular complexity index is 1490. The van der Waals surface area contributed by atoms with Crippen LogP contribution in [0.15, 0.2) is 65.1 Å². The zero-order valence-corrected chi connectivity index (χ0v) is 19.6. The van der Waals surface area contributed by atoms with E-state index >= 15 is 0 Å². The number of ketones is 1. The van der Waals surface area contributed by atoms with E-state index in [1.54, 1.807) is 29.2 Å². The molecule has 5 nitrogen and oxygen atoms in total. The molecule has 0 radical (unpaired) electrons. The second kappa shape index (κ2) is 7.47. The second-order valence-corrected chi connectivity index (χ2v) is 9.58. The van der Waals surface area contributed by atoms with Crippen LogP contribution in [-0.2, 0) is 12.0 Å². The lowest BCUT2D eigenvalue weighted by atomic mass is 9.84. The van der Waals surface area contributed by atoms with E-state index in [0.717, 1.165) is 23.2 Å². The Hall–Kier alpha value is -3.57. The number of carbonyl (C=O) groups is 2. The molecule has 0 spiro atoms. The van der Waals surface area contributed by atoms with Crippen LogP contribution in [0.4, 0.5) is 5.69 Å². The molecule has 2 aliphatic heterocycles. The number of para-hydroxylation sites is 1. The summed E-state index contributed by atoms with van der Waals surface area (Å²) in [7, 11) is 0. The number of hydrogen-bond donors (Lipinski definition) is 0. The molecule has 0 saturated heterocycles. The molecular weight excluding hydrogens is 450 g/mol. The fourth-order valence-electron chi connectivity index (χ4n) is 5.20. The number of amides is 1. The van der Waals surface area contributed by atoms with Crippen LogP contribution in [0, 0.1) is 6.92 Å². The number of ether oxygens (including phenoxy) is 1. The molecule has 4 aromatic rings. The summed E-state index contributed by atoms with van der Waals surface area (Å²) in [6.45, 7) is 4.35. The number of nitrogens with zero attached hydrogens (tertiary/aromatic N) is 1. The Labute approximate surface area is 201 Å². The summed E-state index contributed by atoms with van der Waals surface area (Å²) in [5, 5.41) is 1.28. The summed E-state index contributed by atoms with van der Waals surface area (Å²) < 4.78 is 12.4. The third kappa shape index (κ3) is 3.07. The van der Waals surface area contributed by atoms with Gasteiger partial charge in [-0.15, -0.1) is 0 Å². The number of hydrogen-bond acceptors (Lipinski definition) is 4. The van der Waals surface area contributed by atoms with Crippen molar-refractivity contribution >= 4 is 39.9 Å². The van der Waals surface area contributed by atoms with Crippen molar-refractivity contribution in [2.24, 2.45) is 0 Å². The van der Waals surface area contributed by atoms with E-state index in [-0.39, 0.29) is 23.9 Å². The maximum atomic E-state index is 13.5. The fraction of sp³-hybridized carbons (Fsp3) is 0.214. The third-order valence-corrected chi connectivity index (χ3v) is 7.20. The van der Waals surface area contributed by atoms with Crippen LogP contribution in [0.3, 0.4) is 0 Å². The molecule has 170 valence electrons. The minimum absolute atomic E-state index is 0.0429. The van der Waals surface area contributed by atoms with Gasteiger partial charge in [-0.3, -0.25) is 9.59 Å². The van der Waals surface area contributed by atoms with E-state index < -0.39 is 5.60 Å². The van der Waals surface area contributed by atoms with E-state index in [9.17, 15) is 9.59 Å². The molecule has 0 bridgehead atoms. The van der Waals surface area contributed by atoms with E-state index in [1.807, 2.05) is 50.2 Å². The average Bonchev–Trinajstić information content (AvgIpc) is 3.40. The Kier molecular flexibility index (Phi) is 4.61. The lowest BCUT2D eigenvalue weighted by Gasteiger charge is -2.35. The van der Waals surface area contributed by atoms with Gasteiger partial charge in [-0.05, 0) is 61.7 Å². The van der Waals surface area contributed by atoms with Gasteiger partial charge >= 0.3 is 0 Å². The predicted molar refractivity (Wildman–Crippen MR) is 131 cm³/mol. The lowest BCUT2D eigenvalue weighted by Crippen LogP contribution is -2.36. The van der Waals surface area contributed by atoms with Crippen molar-refractivity contribution in [3.8, 4) is 5.75 Å². The molecule has 1 amide bonds. The van der Waals surface area contributed by atoms with Gasteiger partial charge in [0.05, 0.1) is 12.0 Å². The standard InChI is InChI=1S/C28H22ClNO4/c1-16-24-22(33-26(16)27(32)30-14-13-17-5-3-4-6-20(17)30)11-12-23-25(24)21(31)15-28(2,34-23)18-7-9-19(29)10-8-18/h3-12H,13-15H2,1-2H3. The Morgan fingerprint density at radius 3 is 2.62 bits per heavy atom. The maximum Gasteiger partial charge on any atom is 0.294 e. The summed E-state index contributed by atoms with van der Waals surface area (Å²) in [5.74, 6) is 0.524. The van der Waals surface area contributed by atoms with Gasteiger partial charge in [0.2, 0.25) is 0 Å².